The van der Waals surface area contributed by atoms with Crippen LogP contribution in [0.15, 0.2) is 18.2 Å². The van der Waals surface area contributed by atoms with Crippen LogP contribution in [-0.4, -0.2) is 35.7 Å². The minimum absolute atomic E-state index is 0.122. The number of hydrogen-bond acceptors (Lipinski definition) is 4. The third-order valence-corrected chi connectivity index (χ3v) is 5.60. The third kappa shape index (κ3) is 4.85. The Kier molecular flexibility index (Phi) is 6.67. The molecule has 0 aliphatic carbocycles. The number of ether oxygens (including phenoxy) is 1. The highest BCUT2D eigenvalue weighted by atomic mass is 16.5. The first-order chi connectivity index (χ1) is 12.7. The van der Waals surface area contributed by atoms with Crippen LogP contribution in [0.1, 0.15) is 49.9 Å². The zero-order valence-electron chi connectivity index (χ0n) is 16.1. The number of aryl methyl sites for hydroxylation is 3. The number of piperidine rings is 1. The number of carbonyl (C=O) groups is 1. The summed E-state index contributed by atoms with van der Waals surface area (Å²) in [6, 6.07) is 6.59. The molecule has 0 saturated carbocycles. The highest BCUT2D eigenvalue weighted by molar-refractivity contribution is 5.76. The van der Waals surface area contributed by atoms with E-state index < -0.39 is 0 Å². The molecule has 2 aromatic rings. The Morgan fingerprint density at radius 2 is 2.08 bits per heavy atom. The van der Waals surface area contributed by atoms with E-state index in [1.165, 1.54) is 43.3 Å². The number of rotatable bonds is 8. The van der Waals surface area contributed by atoms with Gasteiger partial charge in [-0.1, -0.05) is 6.07 Å². The normalized spacial score (nSPS) is 15.5. The van der Waals surface area contributed by atoms with E-state index in [0.717, 1.165) is 50.2 Å². The van der Waals surface area contributed by atoms with Crippen LogP contribution in [0, 0.1) is 5.92 Å². The molecule has 26 heavy (non-hydrogen) atoms. The molecule has 0 spiro atoms. The Hall–Kier alpha value is -1.88. The van der Waals surface area contributed by atoms with Crippen LogP contribution in [0.2, 0.25) is 0 Å². The van der Waals surface area contributed by atoms with E-state index in [4.69, 9.17) is 4.98 Å². The van der Waals surface area contributed by atoms with Crippen molar-refractivity contribution in [1.82, 2.24) is 14.9 Å². The van der Waals surface area contributed by atoms with Crippen molar-refractivity contribution in [2.24, 2.45) is 13.0 Å². The Balaban J connectivity index is 1.57. The number of imidazole rings is 1. The molecule has 3 rings (SSSR count). The summed E-state index contributed by atoms with van der Waals surface area (Å²) < 4.78 is 6.94. The van der Waals surface area contributed by atoms with Crippen LogP contribution >= 0.6 is 0 Å². The van der Waals surface area contributed by atoms with E-state index in [2.05, 4.69) is 39.9 Å². The van der Waals surface area contributed by atoms with Crippen molar-refractivity contribution in [2.75, 3.05) is 20.2 Å². The van der Waals surface area contributed by atoms with E-state index in [1.54, 1.807) is 0 Å². The van der Waals surface area contributed by atoms with Crippen molar-refractivity contribution in [3.05, 3.63) is 29.6 Å². The number of benzene rings is 1. The summed E-state index contributed by atoms with van der Waals surface area (Å²) in [6.07, 6.45) is 8.23. The molecule has 0 atom stereocenters. The molecule has 1 aromatic heterocycles. The first-order valence-corrected chi connectivity index (χ1v) is 9.89. The second kappa shape index (κ2) is 9.17. The molecule has 5 nitrogen and oxygen atoms in total. The Morgan fingerprint density at radius 1 is 1.27 bits per heavy atom. The molecule has 0 radical (unpaired) electrons. The molecule has 1 saturated heterocycles. The average molecular weight is 357 g/mol. The topological polar surface area (TPSA) is 56.1 Å². The quantitative estimate of drug-likeness (QED) is 0.581. The zero-order valence-corrected chi connectivity index (χ0v) is 16.1. The van der Waals surface area contributed by atoms with Gasteiger partial charge in [-0.2, -0.15) is 0 Å². The van der Waals surface area contributed by atoms with Crippen LogP contribution in [0.4, 0.5) is 0 Å². The van der Waals surface area contributed by atoms with E-state index in [-0.39, 0.29) is 5.97 Å². The summed E-state index contributed by atoms with van der Waals surface area (Å²) >= 11 is 0. The van der Waals surface area contributed by atoms with Crippen molar-refractivity contribution >= 4 is 17.0 Å². The number of carbonyl (C=O) groups excluding carboxylic acids is 1. The summed E-state index contributed by atoms with van der Waals surface area (Å²) in [7, 11) is 3.57. The molecule has 2 heterocycles. The number of hydrogen-bond donors (Lipinski definition) is 1. The van der Waals surface area contributed by atoms with Gasteiger partial charge in [-0.15, -0.1) is 0 Å². The van der Waals surface area contributed by atoms with Crippen molar-refractivity contribution < 1.29 is 9.53 Å². The van der Waals surface area contributed by atoms with Gasteiger partial charge in [0.05, 0.1) is 18.1 Å². The second-order valence-corrected chi connectivity index (χ2v) is 7.43. The first-order valence-electron chi connectivity index (χ1n) is 9.89. The number of unbranched alkanes of at least 4 members (excludes halogenated alkanes) is 1. The average Bonchev–Trinajstić information content (AvgIpc) is 2.99. The largest absolute Gasteiger partial charge is 0.469 e. The zero-order chi connectivity index (χ0) is 18.4. The summed E-state index contributed by atoms with van der Waals surface area (Å²) in [6.45, 7) is 2.32. The molecular formula is C21H31N3O2. The molecule has 0 amide bonds. The predicted molar refractivity (Wildman–Crippen MR) is 104 cm³/mol. The third-order valence-electron chi connectivity index (χ3n) is 5.60. The van der Waals surface area contributed by atoms with Gasteiger partial charge >= 0.3 is 5.97 Å². The summed E-state index contributed by atoms with van der Waals surface area (Å²) in [4.78, 5) is 16.1. The second-order valence-electron chi connectivity index (χ2n) is 7.43. The number of nitrogens with one attached hydrogen (secondary N) is 1. The molecule has 0 bridgehead atoms. The minimum Gasteiger partial charge on any atom is -0.469 e. The number of aromatic nitrogens is 2. The van der Waals surface area contributed by atoms with E-state index in [1.807, 2.05) is 0 Å². The lowest BCUT2D eigenvalue weighted by atomic mass is 9.93. The molecule has 5 heteroatoms. The lowest BCUT2D eigenvalue weighted by molar-refractivity contribution is -0.140. The van der Waals surface area contributed by atoms with Gasteiger partial charge in [-0.05, 0) is 75.2 Å². The van der Waals surface area contributed by atoms with E-state index in [0.29, 0.717) is 6.42 Å². The molecule has 0 unspecified atom stereocenters. The maximum atomic E-state index is 11.2. The Morgan fingerprint density at radius 3 is 2.85 bits per heavy atom. The maximum Gasteiger partial charge on any atom is 0.305 e. The molecule has 1 aliphatic heterocycles. The fourth-order valence-electron chi connectivity index (χ4n) is 3.88. The summed E-state index contributed by atoms with van der Waals surface area (Å²) in [5, 5.41) is 3.44. The van der Waals surface area contributed by atoms with Gasteiger partial charge in [0, 0.05) is 19.9 Å². The maximum absolute atomic E-state index is 11.2. The van der Waals surface area contributed by atoms with Crippen molar-refractivity contribution in [2.45, 2.75) is 51.4 Å². The number of methoxy groups -OCH3 is 1. The van der Waals surface area contributed by atoms with Gasteiger partial charge in [0.2, 0.25) is 0 Å². The first kappa shape index (κ1) is 18.9. The summed E-state index contributed by atoms with van der Waals surface area (Å²) in [5.74, 6) is 1.91. The molecule has 142 valence electrons. The standard InChI is InChI=1S/C21H31N3O2/c1-24-19-9-7-17(5-3-4-6-21(25)26-2)15-18(19)23-20(24)10-8-16-11-13-22-14-12-16/h7,9,15-16,22H,3-6,8,10-14H2,1-2H3. The van der Waals surface area contributed by atoms with Gasteiger partial charge in [-0.25, -0.2) is 4.98 Å². The van der Waals surface area contributed by atoms with Gasteiger partial charge in [0.1, 0.15) is 5.82 Å². The van der Waals surface area contributed by atoms with Crippen molar-refractivity contribution in [1.29, 1.82) is 0 Å². The lowest BCUT2D eigenvalue weighted by Crippen LogP contribution is -2.28. The van der Waals surface area contributed by atoms with Crippen LogP contribution in [0.3, 0.4) is 0 Å². The number of nitrogens with zero attached hydrogens (tertiary/aromatic N) is 2. The van der Waals surface area contributed by atoms with Gasteiger partial charge < -0.3 is 14.6 Å². The van der Waals surface area contributed by atoms with Crippen LogP contribution < -0.4 is 5.32 Å². The lowest BCUT2D eigenvalue weighted by Gasteiger charge is -2.22. The molecule has 1 N–H and O–H groups in total. The van der Waals surface area contributed by atoms with Crippen molar-refractivity contribution in [3.8, 4) is 0 Å². The Bertz CT molecular complexity index is 732. The fraction of sp³-hybridized carbons (Fsp3) is 0.619. The SMILES string of the molecule is COC(=O)CCCCc1ccc2c(c1)nc(CCC1CCNCC1)n2C. The molecule has 1 aromatic carbocycles. The Labute approximate surface area is 156 Å². The van der Waals surface area contributed by atoms with Crippen molar-refractivity contribution in [3.63, 3.8) is 0 Å². The summed E-state index contributed by atoms with van der Waals surface area (Å²) in [5.41, 5.74) is 3.60. The van der Waals surface area contributed by atoms with Crippen LogP contribution in [-0.2, 0) is 29.4 Å². The predicted octanol–water partition coefficient (Wildman–Crippen LogP) is 3.39. The highest BCUT2D eigenvalue weighted by Gasteiger charge is 2.15. The van der Waals surface area contributed by atoms with Crippen LogP contribution in [0.25, 0.3) is 11.0 Å². The highest BCUT2D eigenvalue weighted by Crippen LogP contribution is 2.22. The smallest absolute Gasteiger partial charge is 0.305 e. The van der Waals surface area contributed by atoms with E-state index >= 15 is 0 Å². The van der Waals surface area contributed by atoms with Gasteiger partial charge in [0.25, 0.3) is 0 Å². The monoisotopic (exact) mass is 357 g/mol. The molecule has 1 aliphatic rings. The fourth-order valence-corrected chi connectivity index (χ4v) is 3.88. The molecule has 1 fully saturated rings. The van der Waals surface area contributed by atoms with Crippen LogP contribution in [0.5, 0.6) is 0 Å². The minimum atomic E-state index is -0.122. The van der Waals surface area contributed by atoms with E-state index in [9.17, 15) is 4.79 Å². The van der Waals surface area contributed by atoms with Gasteiger partial charge in [0.15, 0.2) is 0 Å². The van der Waals surface area contributed by atoms with Gasteiger partial charge in [-0.3, -0.25) is 4.79 Å². The molecular weight excluding hydrogens is 326 g/mol. The number of esters is 1. The number of fused-ring (bicyclic) bond motifs is 1.